The fourth-order valence-corrected chi connectivity index (χ4v) is 2.52. The molecule has 2 rings (SSSR count). The molecule has 0 saturated heterocycles. The molecular formula is C16H20N2O3. The van der Waals surface area contributed by atoms with E-state index in [0.717, 1.165) is 22.2 Å². The van der Waals surface area contributed by atoms with Crippen molar-refractivity contribution >= 4 is 22.8 Å². The van der Waals surface area contributed by atoms with E-state index in [-0.39, 0.29) is 18.9 Å². The van der Waals surface area contributed by atoms with Crippen molar-refractivity contribution in [3.8, 4) is 0 Å². The summed E-state index contributed by atoms with van der Waals surface area (Å²) in [7, 11) is 0. The number of aromatic nitrogens is 1. The number of carbonyl (C=O) groups is 2. The summed E-state index contributed by atoms with van der Waals surface area (Å²) >= 11 is 0. The maximum absolute atomic E-state index is 12.4. The summed E-state index contributed by atoms with van der Waals surface area (Å²) in [5.74, 6) is -0.920. The van der Waals surface area contributed by atoms with Gasteiger partial charge in [0.15, 0.2) is 0 Å². The summed E-state index contributed by atoms with van der Waals surface area (Å²) in [5, 5.41) is 9.79. The zero-order valence-electron chi connectivity index (χ0n) is 12.3. The first-order valence-electron chi connectivity index (χ1n) is 7.08. The van der Waals surface area contributed by atoms with Gasteiger partial charge in [-0.2, -0.15) is 0 Å². The van der Waals surface area contributed by atoms with Crippen LogP contribution in [-0.4, -0.2) is 40.0 Å². The highest BCUT2D eigenvalue weighted by molar-refractivity contribution is 5.90. The second-order valence-corrected chi connectivity index (χ2v) is 5.07. The third-order valence-electron chi connectivity index (χ3n) is 3.69. The first-order valence-corrected chi connectivity index (χ1v) is 7.08. The fourth-order valence-electron chi connectivity index (χ4n) is 2.52. The molecule has 0 aliphatic carbocycles. The van der Waals surface area contributed by atoms with Gasteiger partial charge in [-0.3, -0.25) is 9.59 Å². The molecule has 0 radical (unpaired) electrons. The molecule has 1 aromatic heterocycles. The highest BCUT2D eigenvalue weighted by Gasteiger charge is 2.17. The second-order valence-electron chi connectivity index (χ2n) is 5.07. The Morgan fingerprint density at radius 3 is 2.67 bits per heavy atom. The number of aliphatic carboxylic acids is 1. The summed E-state index contributed by atoms with van der Waals surface area (Å²) in [4.78, 5) is 27.9. The molecule has 1 heterocycles. The number of aryl methyl sites for hydroxylation is 1. The van der Waals surface area contributed by atoms with Crippen LogP contribution in [0.15, 0.2) is 24.3 Å². The van der Waals surface area contributed by atoms with Gasteiger partial charge < -0.3 is 15.0 Å². The zero-order valence-corrected chi connectivity index (χ0v) is 12.3. The highest BCUT2D eigenvalue weighted by atomic mass is 16.4. The van der Waals surface area contributed by atoms with Crippen molar-refractivity contribution in [1.29, 1.82) is 0 Å². The number of para-hydroxylation sites is 1. The lowest BCUT2D eigenvalue weighted by molar-refractivity contribution is -0.138. The Kier molecular flexibility index (Phi) is 4.62. The maximum Gasteiger partial charge on any atom is 0.305 e. The predicted octanol–water partition coefficient (Wildman–Crippen LogP) is 2.34. The largest absolute Gasteiger partial charge is 0.481 e. The Balaban J connectivity index is 2.16. The van der Waals surface area contributed by atoms with Gasteiger partial charge in [0.05, 0.1) is 12.8 Å². The van der Waals surface area contributed by atoms with Gasteiger partial charge in [0.1, 0.15) is 0 Å². The molecule has 0 aliphatic heterocycles. The van der Waals surface area contributed by atoms with Crippen molar-refractivity contribution in [2.45, 2.75) is 26.7 Å². The van der Waals surface area contributed by atoms with E-state index in [1.165, 1.54) is 0 Å². The van der Waals surface area contributed by atoms with Crippen molar-refractivity contribution in [3.63, 3.8) is 0 Å². The molecule has 0 saturated carbocycles. The van der Waals surface area contributed by atoms with Gasteiger partial charge in [0, 0.05) is 29.7 Å². The van der Waals surface area contributed by atoms with Gasteiger partial charge in [-0.15, -0.1) is 0 Å². The fraction of sp³-hybridized carbons (Fsp3) is 0.375. The number of likely N-dealkylation sites (N-methyl/N-ethyl adjacent to an activating group) is 1. The molecule has 2 N–H and O–H groups in total. The number of hydrogen-bond donors (Lipinski definition) is 2. The highest BCUT2D eigenvalue weighted by Crippen LogP contribution is 2.22. The smallest absolute Gasteiger partial charge is 0.305 e. The molecule has 0 aliphatic rings. The van der Waals surface area contributed by atoms with Crippen LogP contribution < -0.4 is 0 Å². The molecule has 2 aromatic rings. The van der Waals surface area contributed by atoms with Crippen molar-refractivity contribution in [2.75, 3.05) is 13.1 Å². The molecule has 21 heavy (non-hydrogen) atoms. The second kappa shape index (κ2) is 6.43. The van der Waals surface area contributed by atoms with Gasteiger partial charge in [-0.05, 0) is 25.5 Å². The van der Waals surface area contributed by atoms with Gasteiger partial charge in [0.25, 0.3) is 0 Å². The van der Waals surface area contributed by atoms with E-state index in [0.29, 0.717) is 13.0 Å². The van der Waals surface area contributed by atoms with Crippen LogP contribution in [0.2, 0.25) is 0 Å². The van der Waals surface area contributed by atoms with Crippen LogP contribution in [0.5, 0.6) is 0 Å². The number of amides is 1. The zero-order chi connectivity index (χ0) is 15.4. The van der Waals surface area contributed by atoms with Crippen molar-refractivity contribution in [1.82, 2.24) is 9.88 Å². The van der Waals surface area contributed by atoms with Crippen LogP contribution in [0.1, 0.15) is 24.6 Å². The van der Waals surface area contributed by atoms with Crippen molar-refractivity contribution < 1.29 is 14.7 Å². The SMILES string of the molecule is CCN(CCC(=O)O)C(=O)Cc1c(C)[nH]c2ccccc12. The Bertz CT molecular complexity index is 661. The van der Waals surface area contributed by atoms with Crippen LogP contribution in [-0.2, 0) is 16.0 Å². The number of rotatable bonds is 6. The van der Waals surface area contributed by atoms with Crippen molar-refractivity contribution in [2.24, 2.45) is 0 Å². The van der Waals surface area contributed by atoms with E-state index >= 15 is 0 Å². The molecule has 5 nitrogen and oxygen atoms in total. The van der Waals surface area contributed by atoms with Crippen molar-refractivity contribution in [3.05, 3.63) is 35.5 Å². The van der Waals surface area contributed by atoms with Gasteiger partial charge in [-0.1, -0.05) is 18.2 Å². The molecule has 0 unspecified atom stereocenters. The minimum atomic E-state index is -0.885. The number of H-pyrrole nitrogens is 1. The number of carbonyl (C=O) groups excluding carboxylic acids is 1. The number of carboxylic acids is 1. The quantitative estimate of drug-likeness (QED) is 0.857. The van der Waals surface area contributed by atoms with Crippen LogP contribution in [0.3, 0.4) is 0 Å². The first-order chi connectivity index (χ1) is 10.0. The van der Waals surface area contributed by atoms with Gasteiger partial charge in [0.2, 0.25) is 5.91 Å². The molecule has 1 amide bonds. The molecule has 1 aromatic carbocycles. The lowest BCUT2D eigenvalue weighted by Crippen LogP contribution is -2.34. The van der Waals surface area contributed by atoms with E-state index in [1.807, 2.05) is 38.1 Å². The monoisotopic (exact) mass is 288 g/mol. The van der Waals surface area contributed by atoms with E-state index in [1.54, 1.807) is 4.90 Å². The average molecular weight is 288 g/mol. The number of nitrogens with zero attached hydrogens (tertiary/aromatic N) is 1. The van der Waals surface area contributed by atoms with Gasteiger partial charge in [-0.25, -0.2) is 0 Å². The Hall–Kier alpha value is -2.30. The normalized spacial score (nSPS) is 10.8. The third kappa shape index (κ3) is 3.42. The average Bonchev–Trinajstić information content (AvgIpc) is 2.76. The van der Waals surface area contributed by atoms with E-state index < -0.39 is 5.97 Å². The summed E-state index contributed by atoms with van der Waals surface area (Å²) in [6, 6.07) is 7.88. The molecule has 112 valence electrons. The Morgan fingerprint density at radius 1 is 1.29 bits per heavy atom. The van der Waals surface area contributed by atoms with Crippen LogP contribution in [0.4, 0.5) is 0 Å². The van der Waals surface area contributed by atoms with Crippen LogP contribution in [0.25, 0.3) is 10.9 Å². The lowest BCUT2D eigenvalue weighted by atomic mass is 10.1. The van der Waals surface area contributed by atoms with E-state index in [2.05, 4.69) is 4.98 Å². The third-order valence-corrected chi connectivity index (χ3v) is 3.69. The standard InChI is InChI=1S/C16H20N2O3/c1-3-18(9-8-16(20)21)15(19)10-13-11(2)17-14-7-5-4-6-12(13)14/h4-7,17H,3,8-10H2,1-2H3,(H,20,21). The van der Waals surface area contributed by atoms with E-state index in [4.69, 9.17) is 5.11 Å². The first kappa shape index (κ1) is 15.1. The Morgan fingerprint density at radius 2 is 2.00 bits per heavy atom. The maximum atomic E-state index is 12.4. The minimum Gasteiger partial charge on any atom is -0.481 e. The number of fused-ring (bicyclic) bond motifs is 1. The molecule has 0 fully saturated rings. The summed E-state index contributed by atoms with van der Waals surface area (Å²) < 4.78 is 0. The minimum absolute atomic E-state index is 0.0214. The van der Waals surface area contributed by atoms with Gasteiger partial charge >= 0.3 is 5.97 Å². The van der Waals surface area contributed by atoms with E-state index in [9.17, 15) is 9.59 Å². The number of nitrogens with one attached hydrogen (secondary N) is 1. The number of benzene rings is 1. The molecule has 0 atom stereocenters. The predicted molar refractivity (Wildman–Crippen MR) is 81.2 cm³/mol. The van der Waals surface area contributed by atoms with Crippen LogP contribution in [0, 0.1) is 6.92 Å². The number of hydrogen-bond acceptors (Lipinski definition) is 2. The number of carboxylic acid groups (broad SMARTS) is 1. The number of aromatic amines is 1. The summed E-state index contributed by atoms with van der Waals surface area (Å²) in [6.07, 6.45) is 0.274. The summed E-state index contributed by atoms with van der Waals surface area (Å²) in [5.41, 5.74) is 2.99. The lowest BCUT2D eigenvalue weighted by Gasteiger charge is -2.20. The molecule has 0 bridgehead atoms. The molecule has 5 heteroatoms. The van der Waals surface area contributed by atoms with Crippen LogP contribution >= 0.6 is 0 Å². The topological polar surface area (TPSA) is 73.4 Å². The Labute approximate surface area is 123 Å². The molecule has 0 spiro atoms. The molecular weight excluding hydrogens is 268 g/mol. The summed E-state index contributed by atoms with van der Waals surface area (Å²) in [6.45, 7) is 4.59.